The third-order valence-corrected chi connectivity index (χ3v) is 4.99. The molecule has 154 valence electrons. The summed E-state index contributed by atoms with van der Waals surface area (Å²) < 4.78 is 39.9. The standard InChI is InChI=1S/C20H20F3N3O3/c1-12(24-17-8-4-6-13-5-2-3-7-15(13)17)19(27)25-18-10-9-14(26(28)29)11-16(18)20(21,22)23/h2-3,5,7,9-12,17,24H,4,6,8H2,1H3,(H,25,27)/t12-,17-/m1/s1. The van der Waals surface area contributed by atoms with Crippen molar-refractivity contribution in [1.29, 1.82) is 0 Å². The molecule has 6 nitrogen and oxygen atoms in total. The van der Waals surface area contributed by atoms with Gasteiger partial charge in [0, 0.05) is 18.2 Å². The van der Waals surface area contributed by atoms with Crippen molar-refractivity contribution in [2.45, 2.75) is 44.4 Å². The SMILES string of the molecule is C[C@@H](N[C@@H]1CCCc2ccccc21)C(=O)Nc1ccc([N+](=O)[O-])cc1C(F)(F)F. The number of carbonyl (C=O) groups is 1. The summed E-state index contributed by atoms with van der Waals surface area (Å²) in [6.45, 7) is 1.57. The normalized spacial score (nSPS) is 17.3. The van der Waals surface area contributed by atoms with Crippen LogP contribution in [-0.2, 0) is 17.4 Å². The predicted molar refractivity (Wildman–Crippen MR) is 101 cm³/mol. The molecule has 29 heavy (non-hydrogen) atoms. The number of nitrogens with one attached hydrogen (secondary N) is 2. The molecule has 0 spiro atoms. The van der Waals surface area contributed by atoms with Gasteiger partial charge < -0.3 is 5.32 Å². The van der Waals surface area contributed by atoms with Crippen LogP contribution in [0, 0.1) is 10.1 Å². The Labute approximate surface area is 165 Å². The second-order valence-corrected chi connectivity index (χ2v) is 7.01. The smallest absolute Gasteiger partial charge is 0.324 e. The molecular weight excluding hydrogens is 387 g/mol. The van der Waals surface area contributed by atoms with E-state index in [1.807, 2.05) is 24.3 Å². The molecule has 1 amide bonds. The fourth-order valence-electron chi connectivity index (χ4n) is 3.53. The number of carbonyl (C=O) groups excluding carboxylic acids is 1. The van der Waals surface area contributed by atoms with Gasteiger partial charge in [0.15, 0.2) is 0 Å². The van der Waals surface area contributed by atoms with Crippen molar-refractivity contribution in [2.75, 3.05) is 5.32 Å². The lowest BCUT2D eigenvalue weighted by Crippen LogP contribution is -2.41. The molecule has 0 saturated carbocycles. The van der Waals surface area contributed by atoms with Crippen LogP contribution in [0.3, 0.4) is 0 Å². The number of anilines is 1. The van der Waals surface area contributed by atoms with Crippen LogP contribution in [0.2, 0.25) is 0 Å². The third-order valence-electron chi connectivity index (χ3n) is 4.99. The number of aryl methyl sites for hydroxylation is 1. The molecule has 2 aromatic carbocycles. The molecule has 0 radical (unpaired) electrons. The summed E-state index contributed by atoms with van der Waals surface area (Å²) in [5, 5.41) is 16.2. The first kappa shape index (κ1) is 20.8. The number of hydrogen-bond donors (Lipinski definition) is 2. The quantitative estimate of drug-likeness (QED) is 0.560. The molecule has 0 heterocycles. The molecule has 2 aromatic rings. The number of rotatable bonds is 5. The first-order valence-corrected chi connectivity index (χ1v) is 9.17. The fourth-order valence-corrected chi connectivity index (χ4v) is 3.53. The molecule has 0 unspecified atom stereocenters. The number of nitrogens with zero attached hydrogens (tertiary/aromatic N) is 1. The van der Waals surface area contributed by atoms with E-state index in [0.717, 1.165) is 37.0 Å². The first-order chi connectivity index (χ1) is 13.7. The van der Waals surface area contributed by atoms with Crippen LogP contribution in [0.15, 0.2) is 42.5 Å². The van der Waals surface area contributed by atoms with Crippen LogP contribution in [0.4, 0.5) is 24.5 Å². The Morgan fingerprint density at radius 3 is 2.66 bits per heavy atom. The highest BCUT2D eigenvalue weighted by Crippen LogP contribution is 2.37. The van der Waals surface area contributed by atoms with Crippen molar-refractivity contribution >= 4 is 17.3 Å². The van der Waals surface area contributed by atoms with Crippen LogP contribution in [-0.4, -0.2) is 16.9 Å². The number of fused-ring (bicyclic) bond motifs is 1. The summed E-state index contributed by atoms with van der Waals surface area (Å²) in [4.78, 5) is 22.4. The molecule has 0 bridgehead atoms. The van der Waals surface area contributed by atoms with Gasteiger partial charge >= 0.3 is 6.18 Å². The first-order valence-electron chi connectivity index (χ1n) is 9.17. The van der Waals surface area contributed by atoms with Crippen molar-refractivity contribution in [3.05, 3.63) is 69.3 Å². The van der Waals surface area contributed by atoms with Crippen LogP contribution in [0.25, 0.3) is 0 Å². The van der Waals surface area contributed by atoms with E-state index in [2.05, 4.69) is 10.6 Å². The molecule has 2 atom stereocenters. The summed E-state index contributed by atoms with van der Waals surface area (Å²) in [5.41, 5.74) is -0.176. The number of benzene rings is 2. The minimum absolute atomic E-state index is 0.0698. The summed E-state index contributed by atoms with van der Waals surface area (Å²) in [6.07, 6.45) is -2.12. The van der Waals surface area contributed by atoms with Crippen LogP contribution < -0.4 is 10.6 Å². The minimum Gasteiger partial charge on any atom is -0.324 e. The highest BCUT2D eigenvalue weighted by molar-refractivity contribution is 5.95. The fraction of sp³-hybridized carbons (Fsp3) is 0.350. The van der Waals surface area contributed by atoms with E-state index in [-0.39, 0.29) is 6.04 Å². The molecular formula is C20H20F3N3O3. The number of halogens is 3. The number of hydrogen-bond acceptors (Lipinski definition) is 4. The third kappa shape index (κ3) is 4.73. The van der Waals surface area contributed by atoms with E-state index in [4.69, 9.17) is 0 Å². The van der Waals surface area contributed by atoms with Crippen LogP contribution >= 0.6 is 0 Å². The zero-order valence-electron chi connectivity index (χ0n) is 15.6. The Bertz CT molecular complexity index is 931. The Balaban J connectivity index is 1.76. The molecule has 9 heteroatoms. The second-order valence-electron chi connectivity index (χ2n) is 7.01. The van der Waals surface area contributed by atoms with Gasteiger partial charge in [-0.2, -0.15) is 13.2 Å². The summed E-state index contributed by atoms with van der Waals surface area (Å²) in [5.74, 6) is -0.646. The van der Waals surface area contributed by atoms with E-state index >= 15 is 0 Å². The maximum Gasteiger partial charge on any atom is 0.418 e. The van der Waals surface area contributed by atoms with Crippen molar-refractivity contribution in [1.82, 2.24) is 5.32 Å². The van der Waals surface area contributed by atoms with E-state index in [9.17, 15) is 28.1 Å². The van der Waals surface area contributed by atoms with Crippen molar-refractivity contribution in [3.8, 4) is 0 Å². The lowest BCUT2D eigenvalue weighted by atomic mass is 9.87. The predicted octanol–water partition coefficient (Wildman–Crippen LogP) is 4.61. The van der Waals surface area contributed by atoms with Gasteiger partial charge in [-0.3, -0.25) is 20.2 Å². The van der Waals surface area contributed by atoms with Gasteiger partial charge in [0.1, 0.15) is 0 Å². The van der Waals surface area contributed by atoms with Gasteiger partial charge in [-0.25, -0.2) is 0 Å². The Morgan fingerprint density at radius 2 is 1.97 bits per heavy atom. The van der Waals surface area contributed by atoms with Crippen LogP contribution in [0.1, 0.15) is 42.5 Å². The molecule has 0 aliphatic heterocycles. The lowest BCUT2D eigenvalue weighted by Gasteiger charge is -2.29. The topological polar surface area (TPSA) is 84.3 Å². The molecule has 1 aliphatic rings. The maximum absolute atomic E-state index is 13.3. The molecule has 3 rings (SSSR count). The molecule has 0 aromatic heterocycles. The number of non-ortho nitro benzene ring substituents is 1. The Hall–Kier alpha value is -2.94. The van der Waals surface area contributed by atoms with E-state index < -0.39 is 40.0 Å². The molecule has 0 saturated heterocycles. The lowest BCUT2D eigenvalue weighted by molar-refractivity contribution is -0.385. The van der Waals surface area contributed by atoms with E-state index in [0.29, 0.717) is 6.07 Å². The van der Waals surface area contributed by atoms with Gasteiger partial charge in [0.2, 0.25) is 5.91 Å². The van der Waals surface area contributed by atoms with Crippen molar-refractivity contribution in [2.24, 2.45) is 0 Å². The van der Waals surface area contributed by atoms with Crippen LogP contribution in [0.5, 0.6) is 0 Å². The second kappa shape index (κ2) is 8.20. The Morgan fingerprint density at radius 1 is 1.24 bits per heavy atom. The summed E-state index contributed by atoms with van der Waals surface area (Å²) >= 11 is 0. The van der Waals surface area contributed by atoms with Gasteiger partial charge in [0.05, 0.1) is 22.2 Å². The highest BCUT2D eigenvalue weighted by Gasteiger charge is 2.36. The molecule has 2 N–H and O–H groups in total. The van der Waals surface area contributed by atoms with Crippen molar-refractivity contribution in [3.63, 3.8) is 0 Å². The monoisotopic (exact) mass is 407 g/mol. The Kier molecular flexibility index (Phi) is 5.88. The summed E-state index contributed by atoms with van der Waals surface area (Å²) in [7, 11) is 0. The zero-order chi connectivity index (χ0) is 21.2. The number of amides is 1. The minimum atomic E-state index is -4.84. The van der Waals surface area contributed by atoms with Crippen molar-refractivity contribution < 1.29 is 22.9 Å². The number of alkyl halides is 3. The largest absolute Gasteiger partial charge is 0.418 e. The van der Waals surface area contributed by atoms with E-state index in [1.54, 1.807) is 6.92 Å². The van der Waals surface area contributed by atoms with Gasteiger partial charge in [-0.05, 0) is 43.4 Å². The molecule has 1 aliphatic carbocycles. The highest BCUT2D eigenvalue weighted by atomic mass is 19.4. The van der Waals surface area contributed by atoms with Gasteiger partial charge in [0.25, 0.3) is 5.69 Å². The number of nitro groups is 1. The number of nitro benzene ring substituents is 1. The average Bonchev–Trinajstić information content (AvgIpc) is 2.67. The zero-order valence-corrected chi connectivity index (χ0v) is 15.6. The van der Waals surface area contributed by atoms with Gasteiger partial charge in [-0.15, -0.1) is 0 Å². The van der Waals surface area contributed by atoms with E-state index in [1.165, 1.54) is 5.56 Å². The summed E-state index contributed by atoms with van der Waals surface area (Å²) in [6, 6.07) is 9.30. The maximum atomic E-state index is 13.3. The average molecular weight is 407 g/mol. The van der Waals surface area contributed by atoms with Gasteiger partial charge in [-0.1, -0.05) is 24.3 Å². The molecule has 0 fully saturated rings.